The van der Waals surface area contributed by atoms with E-state index in [4.69, 9.17) is 4.74 Å². The number of hydrogen-bond acceptors (Lipinski definition) is 2. The standard InChI is InChI=1S/C10H8Br2OS/c1-13-8-2-3-9-10(6(8)4-11)7(12)5-14-9/h2-3,5H,4H2,1H3. The maximum absolute atomic E-state index is 5.32. The lowest BCUT2D eigenvalue weighted by atomic mass is 10.1. The van der Waals surface area contributed by atoms with Crippen LogP contribution in [-0.2, 0) is 5.33 Å². The molecule has 0 bridgehead atoms. The van der Waals surface area contributed by atoms with Gasteiger partial charge in [-0.1, -0.05) is 15.9 Å². The van der Waals surface area contributed by atoms with Crippen LogP contribution in [0.1, 0.15) is 5.56 Å². The Labute approximate surface area is 103 Å². The van der Waals surface area contributed by atoms with Gasteiger partial charge in [0, 0.05) is 30.8 Å². The van der Waals surface area contributed by atoms with Gasteiger partial charge in [-0.05, 0) is 28.1 Å². The first-order chi connectivity index (χ1) is 6.77. The minimum Gasteiger partial charge on any atom is -0.496 e. The van der Waals surface area contributed by atoms with Crippen molar-refractivity contribution in [2.24, 2.45) is 0 Å². The Kier molecular flexibility index (Phi) is 3.14. The van der Waals surface area contributed by atoms with Crippen LogP contribution in [0.5, 0.6) is 5.75 Å². The fourth-order valence-electron chi connectivity index (χ4n) is 1.47. The van der Waals surface area contributed by atoms with Crippen molar-refractivity contribution in [1.82, 2.24) is 0 Å². The number of alkyl halides is 1. The third kappa shape index (κ3) is 1.59. The normalized spacial score (nSPS) is 10.8. The molecule has 2 rings (SSSR count). The maximum atomic E-state index is 5.32. The van der Waals surface area contributed by atoms with Crippen molar-refractivity contribution >= 4 is 53.3 Å². The van der Waals surface area contributed by atoms with E-state index in [-0.39, 0.29) is 0 Å². The summed E-state index contributed by atoms with van der Waals surface area (Å²) in [6.07, 6.45) is 0. The molecule has 74 valence electrons. The van der Waals surface area contributed by atoms with Crippen LogP contribution >= 0.6 is 43.2 Å². The number of hydrogen-bond donors (Lipinski definition) is 0. The van der Waals surface area contributed by atoms with Crippen LogP contribution in [0.25, 0.3) is 10.1 Å². The molecule has 2 aromatic rings. The maximum Gasteiger partial charge on any atom is 0.123 e. The largest absolute Gasteiger partial charge is 0.496 e. The number of methoxy groups -OCH3 is 1. The molecule has 0 saturated heterocycles. The third-order valence-corrected chi connectivity index (χ3v) is 4.55. The van der Waals surface area contributed by atoms with Crippen LogP contribution < -0.4 is 4.74 Å². The molecule has 0 saturated carbocycles. The van der Waals surface area contributed by atoms with E-state index in [0.29, 0.717) is 0 Å². The van der Waals surface area contributed by atoms with Crippen molar-refractivity contribution in [3.05, 3.63) is 27.5 Å². The number of fused-ring (bicyclic) bond motifs is 1. The highest BCUT2D eigenvalue weighted by Gasteiger charge is 2.11. The van der Waals surface area contributed by atoms with E-state index in [1.807, 2.05) is 6.07 Å². The third-order valence-electron chi connectivity index (χ3n) is 2.11. The first-order valence-corrected chi connectivity index (χ1v) is 6.86. The van der Waals surface area contributed by atoms with Gasteiger partial charge in [0.25, 0.3) is 0 Å². The summed E-state index contributed by atoms with van der Waals surface area (Å²) in [5, 5.41) is 4.17. The number of thiophene rings is 1. The molecule has 1 heterocycles. The Morgan fingerprint density at radius 2 is 2.21 bits per heavy atom. The quantitative estimate of drug-likeness (QED) is 0.730. The summed E-state index contributed by atoms with van der Waals surface area (Å²) < 4.78 is 7.75. The average Bonchev–Trinajstić information content (AvgIpc) is 2.59. The molecule has 0 aliphatic rings. The predicted octanol–water partition coefficient (Wildman–Crippen LogP) is 4.57. The molecule has 0 fully saturated rings. The molecule has 1 nitrogen and oxygen atoms in total. The second-order valence-electron chi connectivity index (χ2n) is 2.84. The van der Waals surface area contributed by atoms with E-state index in [1.165, 1.54) is 15.6 Å². The molecular weight excluding hydrogens is 328 g/mol. The first kappa shape index (κ1) is 10.5. The second-order valence-corrected chi connectivity index (χ2v) is 5.16. The average molecular weight is 336 g/mol. The highest BCUT2D eigenvalue weighted by atomic mass is 79.9. The zero-order valence-electron chi connectivity index (χ0n) is 7.51. The van der Waals surface area contributed by atoms with Crippen LogP contribution in [0.2, 0.25) is 0 Å². The summed E-state index contributed by atoms with van der Waals surface area (Å²) in [6, 6.07) is 4.11. The lowest BCUT2D eigenvalue weighted by molar-refractivity contribution is 0.412. The Bertz CT molecular complexity index is 464. The van der Waals surface area contributed by atoms with Crippen molar-refractivity contribution in [3.8, 4) is 5.75 Å². The highest BCUT2D eigenvalue weighted by molar-refractivity contribution is 9.10. The zero-order valence-corrected chi connectivity index (χ0v) is 11.5. The summed E-state index contributed by atoms with van der Waals surface area (Å²) in [5.41, 5.74) is 1.21. The monoisotopic (exact) mass is 334 g/mol. The van der Waals surface area contributed by atoms with E-state index in [9.17, 15) is 0 Å². The molecule has 0 N–H and O–H groups in total. The lowest BCUT2D eigenvalue weighted by Crippen LogP contribution is -1.89. The van der Waals surface area contributed by atoms with Crippen LogP contribution in [-0.4, -0.2) is 7.11 Å². The van der Waals surface area contributed by atoms with Crippen LogP contribution in [0.3, 0.4) is 0 Å². The van der Waals surface area contributed by atoms with Crippen LogP contribution in [0.15, 0.2) is 22.0 Å². The molecule has 0 unspecified atom stereocenters. The summed E-state index contributed by atoms with van der Waals surface area (Å²) in [4.78, 5) is 0. The molecule has 14 heavy (non-hydrogen) atoms. The van der Waals surface area contributed by atoms with Gasteiger partial charge in [0.05, 0.1) is 7.11 Å². The van der Waals surface area contributed by atoms with Gasteiger partial charge >= 0.3 is 0 Å². The molecule has 1 aromatic carbocycles. The van der Waals surface area contributed by atoms with Crippen molar-refractivity contribution in [2.45, 2.75) is 5.33 Å². The van der Waals surface area contributed by atoms with Crippen molar-refractivity contribution in [3.63, 3.8) is 0 Å². The lowest BCUT2D eigenvalue weighted by Gasteiger charge is -2.07. The van der Waals surface area contributed by atoms with E-state index in [1.54, 1.807) is 18.4 Å². The number of halogens is 2. The van der Waals surface area contributed by atoms with Crippen molar-refractivity contribution in [1.29, 1.82) is 0 Å². The van der Waals surface area contributed by atoms with Gasteiger partial charge in [0.1, 0.15) is 5.75 Å². The summed E-state index contributed by atoms with van der Waals surface area (Å²) >= 11 is 8.79. The van der Waals surface area contributed by atoms with E-state index in [0.717, 1.165) is 15.6 Å². The molecule has 1 aromatic heterocycles. The molecule has 4 heteroatoms. The minimum atomic E-state index is 0.808. The zero-order chi connectivity index (χ0) is 10.1. The smallest absolute Gasteiger partial charge is 0.123 e. The van der Waals surface area contributed by atoms with E-state index >= 15 is 0 Å². The predicted molar refractivity (Wildman–Crippen MR) is 68.7 cm³/mol. The molecule has 0 aliphatic carbocycles. The fourth-order valence-corrected chi connectivity index (χ4v) is 3.73. The molecule has 0 radical (unpaired) electrons. The fraction of sp³-hybridized carbons (Fsp3) is 0.200. The van der Waals surface area contributed by atoms with Gasteiger partial charge < -0.3 is 4.74 Å². The number of benzene rings is 1. The first-order valence-electron chi connectivity index (χ1n) is 4.06. The minimum absolute atomic E-state index is 0.808. The topological polar surface area (TPSA) is 9.23 Å². The van der Waals surface area contributed by atoms with Crippen LogP contribution in [0, 0.1) is 0 Å². The van der Waals surface area contributed by atoms with Gasteiger partial charge in [-0.3, -0.25) is 0 Å². The van der Waals surface area contributed by atoms with E-state index < -0.39 is 0 Å². The molecule has 0 spiro atoms. The Morgan fingerprint density at radius 1 is 1.43 bits per heavy atom. The summed E-state index contributed by atoms with van der Waals surface area (Å²) in [5.74, 6) is 0.938. The Hall–Kier alpha value is -0.0600. The van der Waals surface area contributed by atoms with Gasteiger partial charge in [0.15, 0.2) is 0 Å². The van der Waals surface area contributed by atoms with Crippen molar-refractivity contribution in [2.75, 3.05) is 7.11 Å². The van der Waals surface area contributed by atoms with E-state index in [2.05, 4.69) is 43.3 Å². The number of ether oxygens (including phenoxy) is 1. The molecule has 0 atom stereocenters. The highest BCUT2D eigenvalue weighted by Crippen LogP contribution is 2.38. The molecular formula is C10H8Br2OS. The van der Waals surface area contributed by atoms with Gasteiger partial charge in [-0.2, -0.15) is 0 Å². The number of rotatable bonds is 2. The second kappa shape index (κ2) is 4.21. The van der Waals surface area contributed by atoms with Gasteiger partial charge in [0.2, 0.25) is 0 Å². The SMILES string of the molecule is COc1ccc2scc(Br)c2c1CBr. The molecule has 0 aliphatic heterocycles. The van der Waals surface area contributed by atoms with Crippen molar-refractivity contribution < 1.29 is 4.74 Å². The van der Waals surface area contributed by atoms with Gasteiger partial charge in [-0.15, -0.1) is 11.3 Å². The summed E-state index contributed by atoms with van der Waals surface area (Å²) in [6.45, 7) is 0. The van der Waals surface area contributed by atoms with Crippen LogP contribution in [0.4, 0.5) is 0 Å². The molecule has 0 amide bonds. The summed E-state index contributed by atoms with van der Waals surface area (Å²) in [7, 11) is 1.70. The Balaban J connectivity index is 2.81. The van der Waals surface area contributed by atoms with Gasteiger partial charge in [-0.25, -0.2) is 0 Å². The Morgan fingerprint density at radius 3 is 2.86 bits per heavy atom.